The third kappa shape index (κ3) is 4.19. The van der Waals surface area contributed by atoms with Gasteiger partial charge in [-0.25, -0.2) is 26.7 Å². The molecule has 2 aromatic rings. The molecule has 0 saturated heterocycles. The summed E-state index contributed by atoms with van der Waals surface area (Å²) in [5.41, 5.74) is 0.612. The molecule has 0 spiro atoms. The molecule has 0 bridgehead atoms. The van der Waals surface area contributed by atoms with Crippen LogP contribution in [0, 0.1) is 0 Å². The van der Waals surface area contributed by atoms with Crippen LogP contribution in [0.15, 0.2) is 38.8 Å². The zero-order chi connectivity index (χ0) is 16.5. The number of hydrogen-bond acceptors (Lipinski definition) is 5. The van der Waals surface area contributed by atoms with Crippen LogP contribution >= 0.6 is 34.5 Å². The summed E-state index contributed by atoms with van der Waals surface area (Å²) in [6, 6.07) is 7.05. The van der Waals surface area contributed by atoms with E-state index in [0.29, 0.717) is 26.9 Å². The van der Waals surface area contributed by atoms with Crippen LogP contribution in [-0.4, -0.2) is 16.8 Å². The topological polar surface area (TPSA) is 106 Å². The molecule has 1 heterocycles. The molecule has 0 saturated carbocycles. The number of halogens is 2. The summed E-state index contributed by atoms with van der Waals surface area (Å²) in [4.78, 5) is 0. The first-order valence-electron chi connectivity index (χ1n) is 5.66. The lowest BCUT2D eigenvalue weighted by Crippen LogP contribution is -2.22. The first-order chi connectivity index (χ1) is 10.1. The van der Waals surface area contributed by atoms with Crippen LogP contribution in [0.5, 0.6) is 0 Å². The third-order valence-electron chi connectivity index (χ3n) is 2.55. The zero-order valence-electron chi connectivity index (χ0n) is 10.8. The van der Waals surface area contributed by atoms with Gasteiger partial charge in [-0.15, -0.1) is 11.3 Å². The number of nitrogens with two attached hydrogens (primary N) is 1. The number of rotatable bonds is 5. The van der Waals surface area contributed by atoms with Gasteiger partial charge >= 0.3 is 0 Å². The van der Waals surface area contributed by atoms with E-state index in [1.165, 1.54) is 12.1 Å². The first kappa shape index (κ1) is 17.7. The summed E-state index contributed by atoms with van der Waals surface area (Å²) in [5.74, 6) is 0. The standard InChI is InChI=1S/C11H10Cl2N2O4S3/c12-8-2-1-7(5-9(8)13)6-15-22(18,19)11-4-3-10(20-11)21(14,16)17/h1-5,15H,6H2,(H2,14,16,17). The summed E-state index contributed by atoms with van der Waals surface area (Å²) in [6.45, 7) is -0.0121. The van der Waals surface area contributed by atoms with Gasteiger partial charge < -0.3 is 0 Å². The summed E-state index contributed by atoms with van der Waals surface area (Å²) in [7, 11) is -7.77. The van der Waals surface area contributed by atoms with Gasteiger partial charge in [-0.05, 0) is 29.8 Å². The second kappa shape index (κ2) is 6.44. The molecular weight excluding hydrogens is 391 g/mol. The molecule has 11 heteroatoms. The molecule has 3 N–H and O–H groups in total. The van der Waals surface area contributed by atoms with Crippen LogP contribution in [0.25, 0.3) is 0 Å². The van der Waals surface area contributed by atoms with Crippen LogP contribution < -0.4 is 9.86 Å². The fourth-order valence-electron chi connectivity index (χ4n) is 1.50. The molecule has 2 rings (SSSR count). The van der Waals surface area contributed by atoms with Gasteiger partial charge in [0.15, 0.2) is 0 Å². The van der Waals surface area contributed by atoms with Crippen molar-refractivity contribution in [1.82, 2.24) is 4.72 Å². The highest BCUT2D eigenvalue weighted by Gasteiger charge is 2.20. The molecule has 0 fully saturated rings. The number of primary sulfonamides is 1. The van der Waals surface area contributed by atoms with Crippen molar-refractivity contribution in [2.45, 2.75) is 15.0 Å². The summed E-state index contributed by atoms with van der Waals surface area (Å²) in [6.07, 6.45) is 0. The Morgan fingerprint density at radius 2 is 1.64 bits per heavy atom. The van der Waals surface area contributed by atoms with Gasteiger partial charge in [0.05, 0.1) is 10.0 Å². The molecule has 0 unspecified atom stereocenters. The highest BCUT2D eigenvalue weighted by atomic mass is 35.5. The van der Waals surface area contributed by atoms with Crippen LogP contribution in [0.1, 0.15) is 5.56 Å². The molecule has 1 aromatic carbocycles. The van der Waals surface area contributed by atoms with Gasteiger partial charge in [0.1, 0.15) is 8.42 Å². The Bertz CT molecular complexity index is 907. The highest BCUT2D eigenvalue weighted by Crippen LogP contribution is 2.25. The fraction of sp³-hybridized carbons (Fsp3) is 0.0909. The molecule has 1 aromatic heterocycles. The summed E-state index contributed by atoms with van der Waals surface area (Å²) < 4.78 is 48.5. The summed E-state index contributed by atoms with van der Waals surface area (Å²) >= 11 is 12.2. The number of thiophene rings is 1. The first-order valence-corrected chi connectivity index (χ1v) is 10.3. The average Bonchev–Trinajstić information content (AvgIpc) is 2.91. The number of hydrogen-bond donors (Lipinski definition) is 2. The second-order valence-corrected chi connectivity index (χ2v) is 9.87. The summed E-state index contributed by atoms with van der Waals surface area (Å²) in [5, 5.41) is 5.63. The maximum atomic E-state index is 12.1. The maximum absolute atomic E-state index is 12.1. The SMILES string of the molecule is NS(=O)(=O)c1ccc(S(=O)(=O)NCc2ccc(Cl)c(Cl)c2)s1. The minimum absolute atomic E-state index is 0.0121. The Morgan fingerprint density at radius 1 is 1.00 bits per heavy atom. The molecular formula is C11H10Cl2N2O4S3. The Kier molecular flexibility index (Phi) is 5.17. The van der Waals surface area contributed by atoms with E-state index in [1.807, 2.05) is 0 Å². The van der Waals surface area contributed by atoms with E-state index in [2.05, 4.69) is 4.72 Å². The van der Waals surface area contributed by atoms with E-state index in [4.69, 9.17) is 28.3 Å². The van der Waals surface area contributed by atoms with E-state index in [0.717, 1.165) is 6.07 Å². The fourth-order valence-corrected chi connectivity index (χ4v) is 5.07. The molecule has 0 aliphatic carbocycles. The van der Waals surface area contributed by atoms with Crippen molar-refractivity contribution in [1.29, 1.82) is 0 Å². The molecule has 0 aliphatic heterocycles. The van der Waals surface area contributed by atoms with Gasteiger partial charge in [0.2, 0.25) is 20.0 Å². The van der Waals surface area contributed by atoms with Crippen molar-refractivity contribution in [3.8, 4) is 0 Å². The van der Waals surface area contributed by atoms with Gasteiger partial charge in [-0.3, -0.25) is 0 Å². The third-order valence-corrected chi connectivity index (χ3v) is 7.71. The molecule has 120 valence electrons. The van der Waals surface area contributed by atoms with Gasteiger partial charge in [0, 0.05) is 6.54 Å². The van der Waals surface area contributed by atoms with E-state index in [9.17, 15) is 16.8 Å². The molecule has 6 nitrogen and oxygen atoms in total. The number of sulfonamides is 2. The number of nitrogens with one attached hydrogen (secondary N) is 1. The van der Waals surface area contributed by atoms with Crippen molar-refractivity contribution in [2.75, 3.05) is 0 Å². The van der Waals surface area contributed by atoms with Crippen LogP contribution in [0.4, 0.5) is 0 Å². The minimum Gasteiger partial charge on any atom is -0.224 e. The van der Waals surface area contributed by atoms with Crippen LogP contribution in [0.3, 0.4) is 0 Å². The Labute approximate surface area is 142 Å². The van der Waals surface area contributed by atoms with Crippen molar-refractivity contribution in [3.05, 3.63) is 45.9 Å². The van der Waals surface area contributed by atoms with Gasteiger partial charge in [0.25, 0.3) is 0 Å². The van der Waals surface area contributed by atoms with Crippen molar-refractivity contribution >= 4 is 54.6 Å². The van der Waals surface area contributed by atoms with E-state index >= 15 is 0 Å². The lowest BCUT2D eigenvalue weighted by molar-refractivity contribution is 0.583. The quantitative estimate of drug-likeness (QED) is 0.801. The van der Waals surface area contributed by atoms with E-state index in [1.54, 1.807) is 12.1 Å². The predicted molar refractivity (Wildman–Crippen MR) is 86.2 cm³/mol. The lowest BCUT2D eigenvalue weighted by Gasteiger charge is -2.06. The Balaban J connectivity index is 2.17. The van der Waals surface area contributed by atoms with Crippen molar-refractivity contribution < 1.29 is 16.8 Å². The maximum Gasteiger partial charge on any atom is 0.250 e. The van der Waals surface area contributed by atoms with Crippen molar-refractivity contribution in [2.24, 2.45) is 5.14 Å². The monoisotopic (exact) mass is 400 g/mol. The molecule has 0 aliphatic rings. The Hall–Kier alpha value is -0.680. The van der Waals surface area contributed by atoms with Gasteiger partial charge in [-0.1, -0.05) is 29.3 Å². The normalized spacial score (nSPS) is 12.5. The largest absolute Gasteiger partial charge is 0.250 e. The van der Waals surface area contributed by atoms with Crippen LogP contribution in [0.2, 0.25) is 10.0 Å². The Morgan fingerprint density at radius 3 is 2.18 bits per heavy atom. The van der Waals surface area contributed by atoms with E-state index < -0.39 is 20.0 Å². The minimum atomic E-state index is -3.93. The number of benzene rings is 1. The lowest BCUT2D eigenvalue weighted by atomic mass is 10.2. The molecule has 0 amide bonds. The predicted octanol–water partition coefficient (Wildman–Crippen LogP) is 2.18. The highest BCUT2D eigenvalue weighted by molar-refractivity contribution is 7.94. The van der Waals surface area contributed by atoms with E-state index in [-0.39, 0.29) is 15.0 Å². The second-order valence-electron chi connectivity index (χ2n) is 4.19. The smallest absolute Gasteiger partial charge is 0.224 e. The molecule has 0 atom stereocenters. The molecule has 0 radical (unpaired) electrons. The molecule has 22 heavy (non-hydrogen) atoms. The van der Waals surface area contributed by atoms with Gasteiger partial charge in [-0.2, -0.15) is 0 Å². The van der Waals surface area contributed by atoms with Crippen molar-refractivity contribution in [3.63, 3.8) is 0 Å². The average molecular weight is 401 g/mol. The van der Waals surface area contributed by atoms with Crippen LogP contribution in [-0.2, 0) is 26.6 Å². The zero-order valence-corrected chi connectivity index (χ0v) is 14.7.